The molecule has 1 rings (SSSR count). The number of hydrogen-bond donors (Lipinski definition) is 0. The molecule has 1 aliphatic rings. The summed E-state index contributed by atoms with van der Waals surface area (Å²) in [6, 6.07) is 0. The van der Waals surface area contributed by atoms with E-state index in [4.69, 9.17) is 0 Å². The van der Waals surface area contributed by atoms with E-state index in [1.54, 1.807) is 0 Å². The van der Waals surface area contributed by atoms with Gasteiger partial charge in [-0.05, 0) is 54.6 Å². The fraction of sp³-hybridized carbons (Fsp3) is 0.857. The van der Waals surface area contributed by atoms with Gasteiger partial charge in [0, 0.05) is 23.5 Å². The molecule has 0 atom stereocenters. The third-order valence-electron chi connectivity index (χ3n) is 3.57. The Hall–Kier alpha value is -0.483. The quantitative estimate of drug-likeness (QED) is 0.730. The molecule has 0 radical (unpaired) electrons. The molecule has 3 nitrogen and oxygen atoms in total. The summed E-state index contributed by atoms with van der Waals surface area (Å²) in [6.07, 6.45) is 4.61. The van der Waals surface area contributed by atoms with Crippen molar-refractivity contribution in [3.05, 3.63) is 12.4 Å². The third-order valence-corrected chi connectivity index (χ3v) is 7.85. The van der Waals surface area contributed by atoms with Gasteiger partial charge in [-0.3, -0.25) is 4.57 Å². The second-order valence-electron chi connectivity index (χ2n) is 7.02. The summed E-state index contributed by atoms with van der Waals surface area (Å²) in [4.78, 5) is 0. The van der Waals surface area contributed by atoms with E-state index in [1.165, 1.54) is 0 Å². The lowest BCUT2D eigenvalue weighted by Crippen LogP contribution is -2.64. The van der Waals surface area contributed by atoms with Gasteiger partial charge in [0.15, 0.2) is 0 Å². The van der Waals surface area contributed by atoms with Crippen molar-refractivity contribution >= 4 is 9.28 Å². The molecule has 0 bridgehead atoms. The highest BCUT2D eigenvalue weighted by Gasteiger charge is 2.42. The summed E-state index contributed by atoms with van der Waals surface area (Å²) >= 11 is 0. The van der Waals surface area contributed by atoms with E-state index in [-0.39, 0.29) is 11.1 Å². The zero-order chi connectivity index (χ0) is 14.1. The minimum Gasteiger partial charge on any atom is -0.371 e. The molecule has 0 spiro atoms. The summed E-state index contributed by atoms with van der Waals surface area (Å²) in [6.45, 7) is 20.7. The monoisotopic (exact) mass is 269 g/mol. The zero-order valence-corrected chi connectivity index (χ0v) is 14.6. The topological polar surface area (TPSA) is 9.72 Å². The molecule has 1 heterocycles. The van der Waals surface area contributed by atoms with Crippen LogP contribution in [0.3, 0.4) is 0 Å². The van der Waals surface area contributed by atoms with Crippen molar-refractivity contribution in [1.82, 2.24) is 13.7 Å². The molecule has 0 aromatic carbocycles. The predicted molar refractivity (Wildman–Crippen MR) is 82.4 cm³/mol. The molecule has 18 heavy (non-hydrogen) atoms. The number of nitrogens with zero attached hydrogens (tertiary/aromatic N) is 3. The van der Waals surface area contributed by atoms with Crippen molar-refractivity contribution in [2.75, 3.05) is 13.1 Å². The smallest absolute Gasteiger partial charge is 0.332 e. The van der Waals surface area contributed by atoms with E-state index in [9.17, 15) is 0 Å². The van der Waals surface area contributed by atoms with Gasteiger partial charge < -0.3 is 9.13 Å². The van der Waals surface area contributed by atoms with Crippen molar-refractivity contribution in [3.63, 3.8) is 0 Å². The molecule has 0 fully saturated rings. The Morgan fingerprint density at radius 3 is 1.39 bits per heavy atom. The molecule has 106 valence electrons. The maximum atomic E-state index is 2.65. The molecule has 0 amide bonds. The first-order valence-electron chi connectivity index (χ1n) is 7.12. The summed E-state index contributed by atoms with van der Waals surface area (Å²) in [7, 11) is -1.29. The SMILES string of the molecule is CCN(CC)[SiH]1N(C(C)(C)C)C=CN1C(C)(C)C. The second kappa shape index (κ2) is 5.25. The first kappa shape index (κ1) is 15.6. The zero-order valence-electron chi connectivity index (χ0n) is 13.5. The first-order valence-corrected chi connectivity index (χ1v) is 8.67. The molecule has 0 saturated carbocycles. The van der Waals surface area contributed by atoms with Crippen molar-refractivity contribution in [2.24, 2.45) is 0 Å². The van der Waals surface area contributed by atoms with E-state index in [2.05, 4.69) is 81.5 Å². The summed E-state index contributed by atoms with van der Waals surface area (Å²) in [5, 5.41) is 0. The van der Waals surface area contributed by atoms with Gasteiger partial charge in [0.25, 0.3) is 0 Å². The summed E-state index contributed by atoms with van der Waals surface area (Å²) < 4.78 is 7.85. The Morgan fingerprint density at radius 1 is 0.833 bits per heavy atom. The number of rotatable bonds is 3. The summed E-state index contributed by atoms with van der Waals surface area (Å²) in [5.41, 5.74) is 0.409. The van der Waals surface area contributed by atoms with Gasteiger partial charge in [0.2, 0.25) is 0 Å². The molecule has 0 saturated heterocycles. The van der Waals surface area contributed by atoms with Crippen LogP contribution in [0.1, 0.15) is 55.4 Å². The fourth-order valence-corrected chi connectivity index (χ4v) is 5.95. The van der Waals surface area contributed by atoms with Gasteiger partial charge in [-0.25, -0.2) is 0 Å². The van der Waals surface area contributed by atoms with Crippen LogP contribution < -0.4 is 0 Å². The van der Waals surface area contributed by atoms with E-state index in [0.29, 0.717) is 0 Å². The Morgan fingerprint density at radius 2 is 1.17 bits per heavy atom. The van der Waals surface area contributed by atoms with Crippen molar-refractivity contribution in [3.8, 4) is 0 Å². The van der Waals surface area contributed by atoms with Crippen molar-refractivity contribution in [1.29, 1.82) is 0 Å². The maximum absolute atomic E-state index is 2.65. The molecular weight excluding hydrogens is 238 g/mol. The van der Waals surface area contributed by atoms with Gasteiger partial charge in [-0.1, -0.05) is 13.8 Å². The third kappa shape index (κ3) is 3.09. The Labute approximate surface area is 115 Å². The molecule has 0 aliphatic carbocycles. The van der Waals surface area contributed by atoms with Gasteiger partial charge in [0.1, 0.15) is 0 Å². The minimum atomic E-state index is -1.29. The van der Waals surface area contributed by atoms with Crippen LogP contribution in [-0.4, -0.2) is 47.1 Å². The molecule has 0 aromatic rings. The molecule has 0 unspecified atom stereocenters. The molecule has 1 aliphatic heterocycles. The van der Waals surface area contributed by atoms with Gasteiger partial charge >= 0.3 is 9.28 Å². The Kier molecular flexibility index (Phi) is 4.54. The standard InChI is InChI=1S/C14H31N3Si/c1-9-15(10-2)18-16(13(3,4)5)11-12-17(18)14(6,7)8/h11-12,18H,9-10H2,1-8H3. The molecule has 0 aromatic heterocycles. The van der Waals surface area contributed by atoms with Crippen LogP contribution in [0.25, 0.3) is 0 Å². The molecule has 4 heteroatoms. The van der Waals surface area contributed by atoms with Gasteiger partial charge in [0.05, 0.1) is 0 Å². The van der Waals surface area contributed by atoms with E-state index in [1.807, 2.05) is 0 Å². The van der Waals surface area contributed by atoms with Crippen LogP contribution in [0.15, 0.2) is 12.4 Å². The highest BCUT2D eigenvalue weighted by molar-refractivity contribution is 6.51. The van der Waals surface area contributed by atoms with Crippen molar-refractivity contribution in [2.45, 2.75) is 66.5 Å². The Balaban J connectivity index is 3.07. The van der Waals surface area contributed by atoms with Gasteiger partial charge in [-0.15, -0.1) is 0 Å². The Bertz CT molecular complexity index is 273. The molecule has 0 N–H and O–H groups in total. The second-order valence-corrected chi connectivity index (χ2v) is 9.56. The lowest BCUT2D eigenvalue weighted by Gasteiger charge is -2.48. The maximum Gasteiger partial charge on any atom is 0.332 e. The number of hydrogen-bond acceptors (Lipinski definition) is 3. The van der Waals surface area contributed by atoms with E-state index >= 15 is 0 Å². The van der Waals surface area contributed by atoms with Crippen LogP contribution >= 0.6 is 0 Å². The summed E-state index contributed by atoms with van der Waals surface area (Å²) in [5.74, 6) is 0. The van der Waals surface area contributed by atoms with Crippen LogP contribution in [0.2, 0.25) is 0 Å². The van der Waals surface area contributed by atoms with Gasteiger partial charge in [-0.2, -0.15) is 0 Å². The largest absolute Gasteiger partial charge is 0.371 e. The average molecular weight is 270 g/mol. The van der Waals surface area contributed by atoms with Crippen LogP contribution in [0, 0.1) is 0 Å². The van der Waals surface area contributed by atoms with E-state index in [0.717, 1.165) is 13.1 Å². The fourth-order valence-electron chi connectivity index (χ4n) is 2.47. The molecular formula is C14H31N3Si. The minimum absolute atomic E-state index is 0.204. The predicted octanol–water partition coefficient (Wildman–Crippen LogP) is 2.73. The van der Waals surface area contributed by atoms with Crippen molar-refractivity contribution < 1.29 is 0 Å². The van der Waals surface area contributed by atoms with Crippen LogP contribution in [0.5, 0.6) is 0 Å². The average Bonchev–Trinajstić information content (AvgIpc) is 2.63. The first-order chi connectivity index (χ1) is 8.12. The van der Waals surface area contributed by atoms with Crippen LogP contribution in [0.4, 0.5) is 0 Å². The lowest BCUT2D eigenvalue weighted by molar-refractivity contribution is 0.235. The highest BCUT2D eigenvalue weighted by Crippen LogP contribution is 2.29. The lowest BCUT2D eigenvalue weighted by atomic mass is 10.1. The normalized spacial score (nSPS) is 18.3. The van der Waals surface area contributed by atoms with E-state index < -0.39 is 9.28 Å². The highest BCUT2D eigenvalue weighted by atomic mass is 28.3. The van der Waals surface area contributed by atoms with Crippen LogP contribution in [-0.2, 0) is 0 Å².